The van der Waals surface area contributed by atoms with Crippen LogP contribution in [0.2, 0.25) is 0 Å². The molecule has 1 aromatic rings. The van der Waals surface area contributed by atoms with Crippen LogP contribution in [0.3, 0.4) is 0 Å². The number of ether oxygens (including phenoxy) is 1. The summed E-state index contributed by atoms with van der Waals surface area (Å²) in [6, 6.07) is 4.74. The maximum Gasteiger partial charge on any atom is 0.255 e. The first-order chi connectivity index (χ1) is 8.20. The van der Waals surface area contributed by atoms with Gasteiger partial charge < -0.3 is 20.5 Å². The van der Waals surface area contributed by atoms with Gasteiger partial charge in [0.15, 0.2) is 0 Å². The molecule has 1 amide bonds. The van der Waals surface area contributed by atoms with Crippen LogP contribution in [-0.4, -0.2) is 37.3 Å². The zero-order valence-corrected chi connectivity index (χ0v) is 9.69. The maximum absolute atomic E-state index is 11.9. The molecule has 5 nitrogen and oxygen atoms in total. The summed E-state index contributed by atoms with van der Waals surface area (Å²) in [5.41, 5.74) is 0.247. The first-order valence-electron chi connectivity index (χ1n) is 5.59. The number of benzene rings is 1. The van der Waals surface area contributed by atoms with Crippen LogP contribution in [0.25, 0.3) is 0 Å². The van der Waals surface area contributed by atoms with Crippen molar-refractivity contribution in [1.29, 1.82) is 0 Å². The Bertz CT molecular complexity index is 414. The van der Waals surface area contributed by atoms with Crippen molar-refractivity contribution in [3.05, 3.63) is 23.8 Å². The molecule has 17 heavy (non-hydrogen) atoms. The Hall–Kier alpha value is -1.75. The number of hydrogen-bond acceptors (Lipinski definition) is 4. The third-order valence-corrected chi connectivity index (χ3v) is 2.84. The molecule has 1 atom stereocenters. The molecule has 0 aliphatic carbocycles. The van der Waals surface area contributed by atoms with Gasteiger partial charge in [-0.1, -0.05) is 0 Å². The van der Waals surface area contributed by atoms with Crippen LogP contribution in [-0.2, 0) is 0 Å². The van der Waals surface area contributed by atoms with Gasteiger partial charge in [-0.2, -0.15) is 0 Å². The Labute approximate surface area is 99.8 Å². The third-order valence-electron chi connectivity index (χ3n) is 2.84. The molecule has 1 heterocycles. The van der Waals surface area contributed by atoms with Gasteiger partial charge in [-0.05, 0) is 31.2 Å². The van der Waals surface area contributed by atoms with Crippen LogP contribution in [0.4, 0.5) is 0 Å². The molecule has 0 radical (unpaired) electrons. The number of amides is 1. The number of hydrogen-bond donors (Lipinski definition) is 3. The lowest BCUT2D eigenvalue weighted by Crippen LogP contribution is -2.36. The number of phenols is 1. The smallest absolute Gasteiger partial charge is 0.255 e. The summed E-state index contributed by atoms with van der Waals surface area (Å²) in [7, 11) is 1.52. The largest absolute Gasteiger partial charge is 0.507 e. The van der Waals surface area contributed by atoms with Gasteiger partial charge in [0.1, 0.15) is 11.5 Å². The molecule has 5 heteroatoms. The van der Waals surface area contributed by atoms with Crippen LogP contribution in [0, 0.1) is 0 Å². The number of carbonyl (C=O) groups is 1. The fraction of sp³-hybridized carbons (Fsp3) is 0.417. The van der Waals surface area contributed by atoms with Crippen molar-refractivity contribution in [3.8, 4) is 11.5 Å². The van der Waals surface area contributed by atoms with Gasteiger partial charge in [-0.15, -0.1) is 0 Å². The van der Waals surface area contributed by atoms with E-state index < -0.39 is 0 Å². The predicted octanol–water partition coefficient (Wildman–Crippen LogP) is 0.492. The fourth-order valence-electron chi connectivity index (χ4n) is 1.86. The number of aromatic hydroxyl groups is 1. The Morgan fingerprint density at radius 1 is 1.59 bits per heavy atom. The minimum Gasteiger partial charge on any atom is -0.507 e. The molecule has 1 fully saturated rings. The average Bonchev–Trinajstić information content (AvgIpc) is 2.82. The summed E-state index contributed by atoms with van der Waals surface area (Å²) in [5.74, 6) is 0.252. The normalized spacial score (nSPS) is 19.0. The molecule has 1 saturated heterocycles. The molecule has 0 saturated carbocycles. The van der Waals surface area contributed by atoms with Gasteiger partial charge in [0.25, 0.3) is 5.91 Å². The quantitative estimate of drug-likeness (QED) is 0.714. The molecule has 92 valence electrons. The monoisotopic (exact) mass is 236 g/mol. The van der Waals surface area contributed by atoms with E-state index in [0.29, 0.717) is 5.75 Å². The van der Waals surface area contributed by atoms with Gasteiger partial charge >= 0.3 is 0 Å². The molecule has 2 rings (SSSR count). The number of rotatable bonds is 3. The van der Waals surface area contributed by atoms with E-state index in [1.807, 2.05) is 0 Å². The van der Waals surface area contributed by atoms with Crippen LogP contribution >= 0.6 is 0 Å². The van der Waals surface area contributed by atoms with Gasteiger partial charge in [0, 0.05) is 12.6 Å². The highest BCUT2D eigenvalue weighted by atomic mass is 16.5. The highest BCUT2D eigenvalue weighted by Gasteiger charge is 2.19. The summed E-state index contributed by atoms with van der Waals surface area (Å²) >= 11 is 0. The Morgan fingerprint density at radius 2 is 2.41 bits per heavy atom. The van der Waals surface area contributed by atoms with Crippen molar-refractivity contribution in [3.63, 3.8) is 0 Å². The fourth-order valence-corrected chi connectivity index (χ4v) is 1.86. The van der Waals surface area contributed by atoms with Crippen molar-refractivity contribution in [2.24, 2.45) is 0 Å². The molecule has 0 bridgehead atoms. The van der Waals surface area contributed by atoms with E-state index in [9.17, 15) is 9.90 Å². The van der Waals surface area contributed by atoms with E-state index in [2.05, 4.69) is 10.6 Å². The first-order valence-corrected chi connectivity index (χ1v) is 5.59. The Balaban J connectivity index is 2.11. The zero-order valence-electron chi connectivity index (χ0n) is 9.69. The highest BCUT2D eigenvalue weighted by molar-refractivity contribution is 5.97. The van der Waals surface area contributed by atoms with Crippen LogP contribution in [0.1, 0.15) is 16.8 Å². The molecular weight excluding hydrogens is 220 g/mol. The Morgan fingerprint density at radius 3 is 3.06 bits per heavy atom. The van der Waals surface area contributed by atoms with E-state index >= 15 is 0 Å². The van der Waals surface area contributed by atoms with Crippen molar-refractivity contribution < 1.29 is 14.6 Å². The molecular formula is C12H16N2O3. The molecule has 0 aromatic heterocycles. The lowest BCUT2D eigenvalue weighted by Gasteiger charge is -2.12. The number of nitrogens with one attached hydrogen (secondary N) is 2. The lowest BCUT2D eigenvalue weighted by atomic mass is 10.1. The second-order valence-corrected chi connectivity index (χ2v) is 4.05. The van der Waals surface area contributed by atoms with Crippen LogP contribution in [0.5, 0.6) is 11.5 Å². The van der Waals surface area contributed by atoms with Gasteiger partial charge in [-0.3, -0.25) is 4.79 Å². The first kappa shape index (κ1) is 11.7. The van der Waals surface area contributed by atoms with Crippen molar-refractivity contribution in [2.75, 3.05) is 20.2 Å². The summed E-state index contributed by atoms with van der Waals surface area (Å²) in [6.45, 7) is 1.69. The van der Waals surface area contributed by atoms with Gasteiger partial charge in [0.2, 0.25) is 0 Å². The SMILES string of the molecule is COc1ccc(O)c(C(=O)N[C@@H]2CCNC2)c1. The molecule has 1 aliphatic rings. The van der Waals surface area contributed by atoms with E-state index in [-0.39, 0.29) is 23.3 Å². The minimum absolute atomic E-state index is 0.0331. The van der Waals surface area contributed by atoms with Gasteiger partial charge in [-0.25, -0.2) is 0 Å². The summed E-state index contributed by atoms with van der Waals surface area (Å²) in [4.78, 5) is 11.9. The number of methoxy groups -OCH3 is 1. The molecule has 0 unspecified atom stereocenters. The van der Waals surface area contributed by atoms with Crippen LogP contribution in [0.15, 0.2) is 18.2 Å². The third kappa shape index (κ3) is 2.68. The van der Waals surface area contributed by atoms with Crippen molar-refractivity contribution in [2.45, 2.75) is 12.5 Å². The number of phenolic OH excluding ortho intramolecular Hbond substituents is 1. The predicted molar refractivity (Wildman–Crippen MR) is 63.4 cm³/mol. The zero-order chi connectivity index (χ0) is 12.3. The Kier molecular flexibility index (Phi) is 3.49. The van der Waals surface area contributed by atoms with E-state index in [0.717, 1.165) is 19.5 Å². The summed E-state index contributed by atoms with van der Waals surface area (Å²) in [6.07, 6.45) is 0.913. The van der Waals surface area contributed by atoms with E-state index in [4.69, 9.17) is 4.74 Å². The minimum atomic E-state index is -0.268. The average molecular weight is 236 g/mol. The molecule has 1 aliphatic heterocycles. The van der Waals surface area contributed by atoms with Gasteiger partial charge in [0.05, 0.1) is 12.7 Å². The topological polar surface area (TPSA) is 70.6 Å². The molecule has 3 N–H and O–H groups in total. The second kappa shape index (κ2) is 5.05. The van der Waals surface area contributed by atoms with Crippen LogP contribution < -0.4 is 15.4 Å². The van der Waals surface area contributed by atoms with E-state index in [1.165, 1.54) is 19.2 Å². The molecule has 1 aromatic carbocycles. The van der Waals surface area contributed by atoms with E-state index in [1.54, 1.807) is 6.07 Å². The van der Waals surface area contributed by atoms with Crippen molar-refractivity contribution >= 4 is 5.91 Å². The highest BCUT2D eigenvalue weighted by Crippen LogP contribution is 2.22. The standard InChI is InChI=1S/C12H16N2O3/c1-17-9-2-3-11(15)10(6-9)12(16)14-8-4-5-13-7-8/h2-3,6,8,13,15H,4-5,7H2,1H3,(H,14,16)/t8-/m1/s1. The maximum atomic E-state index is 11.9. The number of carbonyl (C=O) groups excluding carboxylic acids is 1. The summed E-state index contributed by atoms with van der Waals surface area (Å²) in [5, 5.41) is 15.7. The summed E-state index contributed by atoms with van der Waals surface area (Å²) < 4.78 is 5.03. The van der Waals surface area contributed by atoms with Crippen molar-refractivity contribution in [1.82, 2.24) is 10.6 Å². The lowest BCUT2D eigenvalue weighted by molar-refractivity contribution is 0.0937. The second-order valence-electron chi connectivity index (χ2n) is 4.05. The molecule has 0 spiro atoms.